The fourth-order valence-electron chi connectivity index (χ4n) is 2.94. The largest absolute Gasteiger partial charge is 0.480 e. The van der Waals surface area contributed by atoms with Crippen LogP contribution in [-0.2, 0) is 24.0 Å². The summed E-state index contributed by atoms with van der Waals surface area (Å²) in [6.45, 7) is 5.02. The van der Waals surface area contributed by atoms with Crippen LogP contribution in [0.1, 0.15) is 52.9 Å². The van der Waals surface area contributed by atoms with E-state index in [0.29, 0.717) is 25.8 Å². The van der Waals surface area contributed by atoms with E-state index in [1.54, 1.807) is 13.8 Å². The third-order valence-corrected chi connectivity index (χ3v) is 5.18. The van der Waals surface area contributed by atoms with Crippen molar-refractivity contribution in [2.45, 2.75) is 83.1 Å². The van der Waals surface area contributed by atoms with E-state index in [2.05, 4.69) is 16.0 Å². The Morgan fingerprint density at radius 1 is 0.909 bits per heavy atom. The third-order valence-electron chi connectivity index (χ3n) is 5.18. The molecule has 0 rings (SSSR count). The van der Waals surface area contributed by atoms with Crippen molar-refractivity contribution in [1.29, 1.82) is 0 Å². The molecular formula is C20H38N6O7. The topological polar surface area (TPSA) is 240 Å². The van der Waals surface area contributed by atoms with E-state index in [1.165, 1.54) is 6.92 Å². The Morgan fingerprint density at radius 3 is 1.94 bits per heavy atom. The number of aliphatic hydroxyl groups excluding tert-OH is 1. The van der Waals surface area contributed by atoms with E-state index in [-0.39, 0.29) is 6.42 Å². The molecule has 33 heavy (non-hydrogen) atoms. The normalized spacial score (nSPS) is 16.4. The number of rotatable bonds is 16. The zero-order valence-electron chi connectivity index (χ0n) is 19.4. The number of carbonyl (C=O) groups is 5. The van der Waals surface area contributed by atoms with E-state index >= 15 is 0 Å². The quantitative estimate of drug-likeness (QED) is 0.108. The van der Waals surface area contributed by atoms with Gasteiger partial charge in [-0.05, 0) is 38.6 Å². The number of aliphatic carboxylic acids is 1. The monoisotopic (exact) mass is 474 g/mol. The van der Waals surface area contributed by atoms with Gasteiger partial charge in [-0.15, -0.1) is 0 Å². The number of carboxylic acids is 1. The number of nitrogens with two attached hydrogens (primary N) is 3. The molecule has 0 aliphatic heterocycles. The first-order chi connectivity index (χ1) is 15.3. The molecule has 0 aliphatic rings. The molecular weight excluding hydrogens is 436 g/mol. The van der Waals surface area contributed by atoms with Crippen molar-refractivity contribution in [1.82, 2.24) is 16.0 Å². The second-order valence-corrected chi connectivity index (χ2v) is 8.06. The number of carboxylic acid groups (broad SMARTS) is 1. The van der Waals surface area contributed by atoms with Crippen LogP contribution < -0.4 is 33.2 Å². The minimum absolute atomic E-state index is 0.150. The summed E-state index contributed by atoms with van der Waals surface area (Å²) in [4.78, 5) is 60.3. The molecule has 0 bridgehead atoms. The molecule has 0 fully saturated rings. The first-order valence-electron chi connectivity index (χ1n) is 10.9. The second-order valence-electron chi connectivity index (χ2n) is 8.06. The van der Waals surface area contributed by atoms with E-state index in [4.69, 9.17) is 17.2 Å². The highest BCUT2D eigenvalue weighted by Gasteiger charge is 2.34. The number of primary amides is 1. The van der Waals surface area contributed by atoms with Gasteiger partial charge < -0.3 is 43.4 Å². The Balaban J connectivity index is 5.48. The van der Waals surface area contributed by atoms with E-state index in [9.17, 15) is 34.2 Å². The first-order valence-corrected chi connectivity index (χ1v) is 10.9. The van der Waals surface area contributed by atoms with Crippen molar-refractivity contribution in [2.24, 2.45) is 23.1 Å². The molecule has 6 atom stereocenters. The summed E-state index contributed by atoms with van der Waals surface area (Å²) in [6, 6.07) is -5.10. The molecule has 11 N–H and O–H groups in total. The lowest BCUT2D eigenvalue weighted by Crippen LogP contribution is -2.60. The van der Waals surface area contributed by atoms with Crippen LogP contribution in [0.3, 0.4) is 0 Å². The molecule has 6 unspecified atom stereocenters. The molecule has 0 spiro atoms. The number of carbonyl (C=O) groups excluding carboxylic acids is 4. The van der Waals surface area contributed by atoms with Gasteiger partial charge in [0.05, 0.1) is 18.6 Å². The molecule has 13 nitrogen and oxygen atoms in total. The van der Waals surface area contributed by atoms with E-state index in [0.717, 1.165) is 0 Å². The van der Waals surface area contributed by atoms with Crippen molar-refractivity contribution in [3.63, 3.8) is 0 Å². The van der Waals surface area contributed by atoms with Gasteiger partial charge in [0, 0.05) is 0 Å². The summed E-state index contributed by atoms with van der Waals surface area (Å²) < 4.78 is 0. The Morgan fingerprint density at radius 2 is 1.48 bits per heavy atom. The molecule has 0 aromatic rings. The predicted octanol–water partition coefficient (Wildman–Crippen LogP) is -2.72. The highest BCUT2D eigenvalue weighted by Crippen LogP contribution is 2.09. The van der Waals surface area contributed by atoms with Gasteiger partial charge in [-0.25, -0.2) is 4.79 Å². The summed E-state index contributed by atoms with van der Waals surface area (Å²) in [5.74, 6) is -4.90. The fraction of sp³-hybridized carbons (Fsp3) is 0.750. The molecule has 0 saturated carbocycles. The minimum atomic E-state index is -1.48. The molecule has 0 saturated heterocycles. The van der Waals surface area contributed by atoms with Gasteiger partial charge in [-0.1, -0.05) is 20.3 Å². The first kappa shape index (κ1) is 30.2. The maximum Gasteiger partial charge on any atom is 0.326 e. The van der Waals surface area contributed by atoms with Crippen LogP contribution in [0.5, 0.6) is 0 Å². The molecule has 0 aromatic carbocycles. The van der Waals surface area contributed by atoms with Crippen molar-refractivity contribution < 1.29 is 34.2 Å². The number of hydrogen-bond donors (Lipinski definition) is 8. The summed E-state index contributed by atoms with van der Waals surface area (Å²) in [5, 5.41) is 26.5. The Labute approximate surface area is 193 Å². The molecule has 0 heterocycles. The fourth-order valence-corrected chi connectivity index (χ4v) is 2.94. The molecule has 190 valence electrons. The van der Waals surface area contributed by atoms with Gasteiger partial charge in [0.25, 0.3) is 0 Å². The number of unbranched alkanes of at least 4 members (excludes halogenated alkanes) is 1. The van der Waals surface area contributed by atoms with Crippen LogP contribution >= 0.6 is 0 Å². The summed E-state index contributed by atoms with van der Waals surface area (Å²) in [7, 11) is 0. The van der Waals surface area contributed by atoms with Gasteiger partial charge in [0.2, 0.25) is 23.6 Å². The van der Waals surface area contributed by atoms with Gasteiger partial charge in [0.15, 0.2) is 0 Å². The highest BCUT2D eigenvalue weighted by molar-refractivity contribution is 5.95. The lowest BCUT2D eigenvalue weighted by molar-refractivity contribution is -0.144. The number of hydrogen-bond acceptors (Lipinski definition) is 8. The number of amides is 4. The van der Waals surface area contributed by atoms with Crippen LogP contribution in [0.2, 0.25) is 0 Å². The number of aliphatic hydroxyl groups is 1. The Hall–Kier alpha value is -2.77. The van der Waals surface area contributed by atoms with Crippen LogP contribution in [-0.4, -0.2) is 76.6 Å². The highest BCUT2D eigenvalue weighted by atomic mass is 16.4. The Kier molecular flexibility index (Phi) is 13.9. The van der Waals surface area contributed by atoms with Crippen LogP contribution in [0.4, 0.5) is 0 Å². The molecule has 13 heteroatoms. The van der Waals surface area contributed by atoms with Crippen LogP contribution in [0, 0.1) is 5.92 Å². The molecule has 4 amide bonds. The minimum Gasteiger partial charge on any atom is -0.480 e. The van der Waals surface area contributed by atoms with E-state index < -0.39 is 72.2 Å². The summed E-state index contributed by atoms with van der Waals surface area (Å²) in [6.07, 6.45) is -0.143. The van der Waals surface area contributed by atoms with Crippen molar-refractivity contribution in [3.8, 4) is 0 Å². The summed E-state index contributed by atoms with van der Waals surface area (Å²) in [5.41, 5.74) is 16.1. The number of nitrogens with one attached hydrogen (secondary N) is 3. The van der Waals surface area contributed by atoms with Gasteiger partial charge in [-0.2, -0.15) is 0 Å². The van der Waals surface area contributed by atoms with Gasteiger partial charge in [-0.3, -0.25) is 19.2 Å². The van der Waals surface area contributed by atoms with Crippen LogP contribution in [0.25, 0.3) is 0 Å². The van der Waals surface area contributed by atoms with Gasteiger partial charge >= 0.3 is 5.97 Å². The lowest BCUT2D eigenvalue weighted by atomic mass is 9.98. The second kappa shape index (κ2) is 15.1. The average molecular weight is 475 g/mol. The third kappa shape index (κ3) is 11.1. The van der Waals surface area contributed by atoms with Crippen molar-refractivity contribution >= 4 is 29.6 Å². The zero-order chi connectivity index (χ0) is 25.7. The molecule has 0 aliphatic carbocycles. The lowest BCUT2D eigenvalue weighted by Gasteiger charge is -2.27. The SMILES string of the molecule is CCC(C)C(NC(=O)C(NC(=O)C(CCCCN)NC(=O)C(N)CC(N)=O)C(C)O)C(=O)O. The zero-order valence-corrected chi connectivity index (χ0v) is 19.4. The van der Waals surface area contributed by atoms with Gasteiger partial charge in [0.1, 0.15) is 18.1 Å². The standard InChI is InChI=1S/C20H38N6O7/c1-4-10(2)15(20(32)33)25-19(31)16(11(3)27)26-18(30)13(7-5-6-8-21)24-17(29)12(22)9-14(23)28/h10-13,15-16,27H,4-9,21-22H2,1-3H3,(H2,23,28)(H,24,29)(H,25,31)(H,26,30)(H,32,33). The molecule has 0 radical (unpaired) electrons. The van der Waals surface area contributed by atoms with Crippen molar-refractivity contribution in [2.75, 3.05) is 6.54 Å². The molecule has 0 aromatic heterocycles. The summed E-state index contributed by atoms with van der Waals surface area (Å²) >= 11 is 0. The predicted molar refractivity (Wildman–Crippen MR) is 119 cm³/mol. The van der Waals surface area contributed by atoms with Crippen LogP contribution in [0.15, 0.2) is 0 Å². The average Bonchev–Trinajstić information content (AvgIpc) is 2.73. The van der Waals surface area contributed by atoms with E-state index in [1.807, 2.05) is 0 Å². The maximum absolute atomic E-state index is 12.8. The van der Waals surface area contributed by atoms with Crippen molar-refractivity contribution in [3.05, 3.63) is 0 Å². The maximum atomic E-state index is 12.8. The Bertz CT molecular complexity index is 688. The smallest absolute Gasteiger partial charge is 0.326 e.